The third-order valence-electron chi connectivity index (χ3n) is 5.52. The summed E-state index contributed by atoms with van der Waals surface area (Å²) in [7, 11) is -2.13. The van der Waals surface area contributed by atoms with Crippen LogP contribution in [0.4, 0.5) is 5.69 Å². The summed E-state index contributed by atoms with van der Waals surface area (Å²) in [6.07, 6.45) is 2.85. The van der Waals surface area contributed by atoms with Gasteiger partial charge in [-0.3, -0.25) is 9.59 Å². The molecule has 8 nitrogen and oxygen atoms in total. The molecule has 32 heavy (non-hydrogen) atoms. The van der Waals surface area contributed by atoms with Crippen LogP contribution in [0.15, 0.2) is 53.4 Å². The predicted molar refractivity (Wildman–Crippen MR) is 122 cm³/mol. The summed E-state index contributed by atoms with van der Waals surface area (Å²) in [6, 6.07) is 13.2. The second kappa shape index (κ2) is 10.6. The molecule has 9 heteroatoms. The molecule has 0 aliphatic carbocycles. The van der Waals surface area contributed by atoms with Gasteiger partial charge in [-0.2, -0.15) is 4.31 Å². The molecule has 2 N–H and O–H groups in total. The van der Waals surface area contributed by atoms with Crippen molar-refractivity contribution in [2.24, 2.45) is 0 Å². The molecule has 172 valence electrons. The largest absolute Gasteiger partial charge is 0.497 e. The Hall–Kier alpha value is -2.91. The summed E-state index contributed by atoms with van der Waals surface area (Å²) in [5.74, 6) is -0.906. The number of carbonyl (C=O) groups excluding carboxylic acids is 2. The highest BCUT2D eigenvalue weighted by atomic mass is 32.2. The van der Waals surface area contributed by atoms with E-state index >= 15 is 0 Å². The number of rotatable bonds is 7. The number of ether oxygens (including phenoxy) is 1. The van der Waals surface area contributed by atoms with E-state index < -0.39 is 21.8 Å². The van der Waals surface area contributed by atoms with E-state index in [0.29, 0.717) is 30.8 Å². The van der Waals surface area contributed by atoms with Crippen LogP contribution in [-0.2, 0) is 19.6 Å². The van der Waals surface area contributed by atoms with Gasteiger partial charge in [0.1, 0.15) is 5.75 Å². The summed E-state index contributed by atoms with van der Waals surface area (Å²) in [5.41, 5.74) is 1.59. The zero-order chi connectivity index (χ0) is 23.1. The lowest BCUT2D eigenvalue weighted by Gasteiger charge is -2.34. The van der Waals surface area contributed by atoms with E-state index in [1.54, 1.807) is 24.3 Å². The van der Waals surface area contributed by atoms with Crippen molar-refractivity contribution < 1.29 is 22.7 Å². The van der Waals surface area contributed by atoms with Gasteiger partial charge in [0.25, 0.3) is 0 Å². The van der Waals surface area contributed by atoms with Crippen molar-refractivity contribution in [1.82, 2.24) is 9.62 Å². The quantitative estimate of drug-likeness (QED) is 0.620. The summed E-state index contributed by atoms with van der Waals surface area (Å²) >= 11 is 0. The van der Waals surface area contributed by atoms with Gasteiger partial charge in [-0.25, -0.2) is 8.42 Å². The van der Waals surface area contributed by atoms with Gasteiger partial charge >= 0.3 is 11.8 Å². The lowest BCUT2D eigenvalue weighted by Crippen LogP contribution is -2.45. The fourth-order valence-corrected chi connectivity index (χ4v) is 5.44. The molecular formula is C23H29N3O5S. The smallest absolute Gasteiger partial charge is 0.313 e. The van der Waals surface area contributed by atoms with E-state index in [-0.39, 0.29) is 17.5 Å². The molecule has 1 aliphatic rings. The molecule has 2 aromatic rings. The molecule has 0 unspecified atom stereocenters. The summed E-state index contributed by atoms with van der Waals surface area (Å²) < 4.78 is 32.9. The molecule has 2 amide bonds. The number of anilines is 1. The monoisotopic (exact) mass is 459 g/mol. The summed E-state index contributed by atoms with van der Waals surface area (Å²) in [6.45, 7) is 2.57. The Kier molecular flexibility index (Phi) is 7.87. The standard InChI is InChI=1S/C23H29N3O5S/c1-17-6-8-18(9-7-17)25-23(28)22(27)24-15-14-19-5-3-4-16-26(19)32(29,30)21-12-10-20(31-2)11-13-21/h6-13,19H,3-5,14-16H2,1-2H3,(H,24,27)(H,25,28)/t19-/m1/s1. The van der Waals surface area contributed by atoms with Crippen LogP contribution in [0.1, 0.15) is 31.2 Å². The topological polar surface area (TPSA) is 105 Å². The van der Waals surface area contributed by atoms with Crippen molar-refractivity contribution in [2.75, 3.05) is 25.5 Å². The number of aryl methyl sites for hydroxylation is 1. The predicted octanol–water partition coefficient (Wildman–Crippen LogP) is 2.69. The van der Waals surface area contributed by atoms with Crippen LogP contribution < -0.4 is 15.4 Å². The SMILES string of the molecule is COc1ccc(S(=O)(=O)N2CCCC[C@@H]2CCNC(=O)C(=O)Nc2ccc(C)cc2)cc1. The highest BCUT2D eigenvalue weighted by Crippen LogP contribution is 2.27. The van der Waals surface area contributed by atoms with Gasteiger partial charge in [-0.1, -0.05) is 24.1 Å². The van der Waals surface area contributed by atoms with Crippen LogP contribution in [0, 0.1) is 6.92 Å². The molecule has 1 saturated heterocycles. The average molecular weight is 460 g/mol. The number of hydrogen-bond donors (Lipinski definition) is 2. The number of sulfonamides is 1. The first kappa shape index (κ1) is 23.7. The normalized spacial score (nSPS) is 16.9. The zero-order valence-corrected chi connectivity index (χ0v) is 19.2. The number of benzene rings is 2. The Bertz CT molecular complexity index is 1040. The van der Waals surface area contributed by atoms with Gasteiger partial charge in [0, 0.05) is 24.8 Å². The maximum atomic E-state index is 13.2. The average Bonchev–Trinajstić information content (AvgIpc) is 2.80. The third-order valence-corrected chi connectivity index (χ3v) is 7.48. The molecular weight excluding hydrogens is 430 g/mol. The van der Waals surface area contributed by atoms with E-state index in [1.165, 1.54) is 23.5 Å². The van der Waals surface area contributed by atoms with Gasteiger partial charge in [0.2, 0.25) is 10.0 Å². The maximum absolute atomic E-state index is 13.2. The minimum atomic E-state index is -3.66. The Morgan fingerprint density at radius 1 is 1.03 bits per heavy atom. The number of carbonyl (C=O) groups is 2. The Morgan fingerprint density at radius 2 is 1.72 bits per heavy atom. The third kappa shape index (κ3) is 5.86. The van der Waals surface area contributed by atoms with Gasteiger partial charge in [0.05, 0.1) is 12.0 Å². The Labute approximate surface area is 189 Å². The first-order valence-electron chi connectivity index (χ1n) is 10.6. The Balaban J connectivity index is 1.57. The molecule has 1 atom stereocenters. The van der Waals surface area contributed by atoms with Crippen LogP contribution in [0.2, 0.25) is 0 Å². The Morgan fingerprint density at radius 3 is 2.38 bits per heavy atom. The highest BCUT2D eigenvalue weighted by molar-refractivity contribution is 7.89. The lowest BCUT2D eigenvalue weighted by atomic mass is 10.0. The molecule has 1 fully saturated rings. The highest BCUT2D eigenvalue weighted by Gasteiger charge is 2.33. The summed E-state index contributed by atoms with van der Waals surface area (Å²) in [5, 5.41) is 5.15. The second-order valence-corrected chi connectivity index (χ2v) is 9.70. The minimum absolute atomic E-state index is 0.208. The van der Waals surface area contributed by atoms with E-state index in [4.69, 9.17) is 4.74 Å². The van der Waals surface area contributed by atoms with E-state index in [0.717, 1.165) is 18.4 Å². The van der Waals surface area contributed by atoms with E-state index in [9.17, 15) is 18.0 Å². The van der Waals surface area contributed by atoms with E-state index in [2.05, 4.69) is 10.6 Å². The number of nitrogens with one attached hydrogen (secondary N) is 2. The molecule has 0 spiro atoms. The van der Waals surface area contributed by atoms with Crippen molar-refractivity contribution >= 4 is 27.5 Å². The van der Waals surface area contributed by atoms with Gasteiger partial charge < -0.3 is 15.4 Å². The van der Waals surface area contributed by atoms with Crippen molar-refractivity contribution in [3.8, 4) is 5.75 Å². The molecule has 0 radical (unpaired) electrons. The molecule has 1 heterocycles. The van der Waals surface area contributed by atoms with Gasteiger partial charge in [0.15, 0.2) is 0 Å². The molecule has 2 aromatic carbocycles. The lowest BCUT2D eigenvalue weighted by molar-refractivity contribution is -0.136. The van der Waals surface area contributed by atoms with Crippen LogP contribution in [-0.4, -0.2) is 50.8 Å². The number of nitrogens with zero attached hydrogens (tertiary/aromatic N) is 1. The van der Waals surface area contributed by atoms with Crippen LogP contribution >= 0.6 is 0 Å². The van der Waals surface area contributed by atoms with Crippen molar-refractivity contribution in [1.29, 1.82) is 0 Å². The van der Waals surface area contributed by atoms with Crippen molar-refractivity contribution in [3.05, 3.63) is 54.1 Å². The molecule has 0 aromatic heterocycles. The van der Waals surface area contributed by atoms with Crippen LogP contribution in [0.5, 0.6) is 5.75 Å². The molecule has 0 saturated carbocycles. The second-order valence-electron chi connectivity index (χ2n) is 7.81. The first-order chi connectivity index (χ1) is 15.3. The van der Waals surface area contributed by atoms with Crippen molar-refractivity contribution in [3.63, 3.8) is 0 Å². The zero-order valence-electron chi connectivity index (χ0n) is 18.3. The molecule has 0 bridgehead atoms. The number of hydrogen-bond acceptors (Lipinski definition) is 5. The van der Waals surface area contributed by atoms with Crippen LogP contribution in [0.25, 0.3) is 0 Å². The number of piperidine rings is 1. The van der Waals surface area contributed by atoms with Gasteiger partial charge in [-0.05, 0) is 62.6 Å². The van der Waals surface area contributed by atoms with Gasteiger partial charge in [-0.15, -0.1) is 0 Å². The number of methoxy groups -OCH3 is 1. The first-order valence-corrected chi connectivity index (χ1v) is 12.1. The van der Waals surface area contributed by atoms with Crippen molar-refractivity contribution in [2.45, 2.75) is 43.5 Å². The van der Waals surface area contributed by atoms with E-state index in [1.807, 2.05) is 19.1 Å². The molecule has 1 aliphatic heterocycles. The fraction of sp³-hybridized carbons (Fsp3) is 0.391. The minimum Gasteiger partial charge on any atom is -0.497 e. The number of amides is 2. The maximum Gasteiger partial charge on any atom is 0.313 e. The fourth-order valence-electron chi connectivity index (χ4n) is 3.72. The van der Waals surface area contributed by atoms with Crippen LogP contribution in [0.3, 0.4) is 0 Å². The molecule has 3 rings (SSSR count). The summed E-state index contributed by atoms with van der Waals surface area (Å²) in [4.78, 5) is 24.5.